The lowest BCUT2D eigenvalue weighted by Gasteiger charge is -2.10. The minimum atomic E-state index is 0.0599. The summed E-state index contributed by atoms with van der Waals surface area (Å²) < 4.78 is 1.02. The summed E-state index contributed by atoms with van der Waals surface area (Å²) in [6.07, 6.45) is 4.31. The molecule has 4 atom stereocenters. The molecule has 0 aromatic heterocycles. The van der Waals surface area contributed by atoms with E-state index in [1.807, 2.05) is 24.3 Å². The van der Waals surface area contributed by atoms with Gasteiger partial charge in [-0.25, -0.2) is 0 Å². The van der Waals surface area contributed by atoms with Crippen molar-refractivity contribution < 1.29 is 4.79 Å². The van der Waals surface area contributed by atoms with E-state index in [1.165, 1.54) is 19.3 Å². The minimum absolute atomic E-state index is 0.0599. The largest absolute Gasteiger partial charge is 0.325 e. The SMILES string of the molecule is O=C(CNC1C2C3CCC(C3)C12)Nc1ccc(Br)cc1. The van der Waals surface area contributed by atoms with Crippen molar-refractivity contribution in [2.45, 2.75) is 25.3 Å². The van der Waals surface area contributed by atoms with E-state index in [1.54, 1.807) is 0 Å². The molecule has 4 rings (SSSR count). The quantitative estimate of drug-likeness (QED) is 0.888. The van der Waals surface area contributed by atoms with Crippen molar-refractivity contribution in [3.63, 3.8) is 0 Å². The number of fused-ring (bicyclic) bond motifs is 5. The number of rotatable bonds is 4. The average molecular weight is 335 g/mol. The average Bonchev–Trinajstić information content (AvgIpc) is 2.82. The Morgan fingerprint density at radius 1 is 1.15 bits per heavy atom. The molecule has 0 spiro atoms. The maximum atomic E-state index is 11.9. The molecule has 3 fully saturated rings. The van der Waals surface area contributed by atoms with Crippen molar-refractivity contribution in [3.05, 3.63) is 28.7 Å². The molecule has 0 aliphatic heterocycles. The normalized spacial score (nSPS) is 36.8. The molecule has 0 heterocycles. The molecule has 4 unspecified atom stereocenters. The summed E-state index contributed by atoms with van der Waals surface area (Å²) in [7, 11) is 0. The van der Waals surface area contributed by atoms with Gasteiger partial charge in [0.1, 0.15) is 0 Å². The lowest BCUT2D eigenvalue weighted by atomic mass is 10.0. The first kappa shape index (κ1) is 12.8. The molecule has 4 heteroatoms. The second-order valence-corrected chi connectivity index (χ2v) is 7.37. The smallest absolute Gasteiger partial charge is 0.238 e. The molecule has 2 bridgehead atoms. The third-order valence-electron chi connectivity index (χ3n) is 5.36. The molecule has 3 nitrogen and oxygen atoms in total. The molecule has 20 heavy (non-hydrogen) atoms. The summed E-state index contributed by atoms with van der Waals surface area (Å²) in [6, 6.07) is 8.32. The Bertz CT molecular complexity index is 514. The van der Waals surface area contributed by atoms with E-state index in [0.29, 0.717) is 12.6 Å². The third kappa shape index (κ3) is 2.19. The molecule has 106 valence electrons. The molecule has 0 saturated heterocycles. The first-order chi connectivity index (χ1) is 9.72. The van der Waals surface area contributed by atoms with Gasteiger partial charge in [0, 0.05) is 16.2 Å². The maximum Gasteiger partial charge on any atom is 0.238 e. The van der Waals surface area contributed by atoms with Gasteiger partial charge in [-0.15, -0.1) is 0 Å². The lowest BCUT2D eigenvalue weighted by Crippen LogP contribution is -2.32. The first-order valence-corrected chi connectivity index (χ1v) is 8.30. The van der Waals surface area contributed by atoms with Gasteiger partial charge in [0.05, 0.1) is 6.54 Å². The number of nitrogens with one attached hydrogen (secondary N) is 2. The second-order valence-electron chi connectivity index (χ2n) is 6.45. The summed E-state index contributed by atoms with van der Waals surface area (Å²) in [4.78, 5) is 11.9. The van der Waals surface area contributed by atoms with E-state index in [0.717, 1.165) is 33.8 Å². The topological polar surface area (TPSA) is 41.1 Å². The number of anilines is 1. The van der Waals surface area contributed by atoms with Crippen LogP contribution in [0.25, 0.3) is 0 Å². The van der Waals surface area contributed by atoms with Crippen molar-refractivity contribution in [2.24, 2.45) is 23.7 Å². The van der Waals surface area contributed by atoms with Crippen LogP contribution in [0.4, 0.5) is 5.69 Å². The molecule has 1 amide bonds. The molecule has 3 aliphatic rings. The van der Waals surface area contributed by atoms with E-state index in [-0.39, 0.29) is 5.91 Å². The van der Waals surface area contributed by atoms with E-state index in [9.17, 15) is 4.79 Å². The number of carbonyl (C=O) groups is 1. The van der Waals surface area contributed by atoms with Crippen LogP contribution in [0.1, 0.15) is 19.3 Å². The number of benzene rings is 1. The Morgan fingerprint density at radius 2 is 1.80 bits per heavy atom. The lowest BCUT2D eigenvalue weighted by molar-refractivity contribution is -0.115. The second kappa shape index (κ2) is 4.85. The van der Waals surface area contributed by atoms with Crippen LogP contribution >= 0.6 is 15.9 Å². The maximum absolute atomic E-state index is 11.9. The summed E-state index contributed by atoms with van der Waals surface area (Å²) in [5, 5.41) is 6.40. The number of halogens is 1. The van der Waals surface area contributed by atoms with Crippen molar-refractivity contribution in [2.75, 3.05) is 11.9 Å². The summed E-state index contributed by atoms with van der Waals surface area (Å²) in [5.41, 5.74) is 0.857. The molecular formula is C16H19BrN2O. The zero-order chi connectivity index (χ0) is 13.7. The monoisotopic (exact) mass is 334 g/mol. The van der Waals surface area contributed by atoms with Crippen LogP contribution in [0, 0.1) is 23.7 Å². The molecular weight excluding hydrogens is 316 g/mol. The van der Waals surface area contributed by atoms with Gasteiger partial charge < -0.3 is 10.6 Å². The summed E-state index contributed by atoms with van der Waals surface area (Å²) in [5.74, 6) is 3.74. The van der Waals surface area contributed by atoms with Gasteiger partial charge in [-0.1, -0.05) is 15.9 Å². The molecule has 1 aromatic carbocycles. The Balaban J connectivity index is 1.26. The highest BCUT2D eigenvalue weighted by Gasteiger charge is 2.64. The molecule has 3 saturated carbocycles. The van der Waals surface area contributed by atoms with Crippen LogP contribution in [0.3, 0.4) is 0 Å². The van der Waals surface area contributed by atoms with Crippen LogP contribution in [-0.4, -0.2) is 18.5 Å². The Morgan fingerprint density at radius 3 is 2.45 bits per heavy atom. The standard InChI is InChI=1S/C16H19BrN2O/c17-11-3-5-12(6-4-11)19-13(20)8-18-16-14-9-1-2-10(7-9)15(14)16/h3-6,9-10,14-16,18H,1-2,7-8H2,(H,19,20). The van der Waals surface area contributed by atoms with E-state index < -0.39 is 0 Å². The molecule has 2 N–H and O–H groups in total. The number of hydrogen-bond donors (Lipinski definition) is 2. The predicted molar refractivity (Wildman–Crippen MR) is 82.4 cm³/mol. The fourth-order valence-electron chi connectivity index (χ4n) is 4.55. The number of carbonyl (C=O) groups excluding carboxylic acids is 1. The number of hydrogen-bond acceptors (Lipinski definition) is 2. The van der Waals surface area contributed by atoms with Crippen molar-refractivity contribution in [1.29, 1.82) is 0 Å². The van der Waals surface area contributed by atoms with Gasteiger partial charge in [-0.2, -0.15) is 0 Å². The van der Waals surface area contributed by atoms with Gasteiger partial charge in [0.15, 0.2) is 0 Å². The van der Waals surface area contributed by atoms with Crippen LogP contribution < -0.4 is 10.6 Å². The Labute approximate surface area is 127 Å². The van der Waals surface area contributed by atoms with Gasteiger partial charge in [0.2, 0.25) is 5.91 Å². The van der Waals surface area contributed by atoms with Gasteiger partial charge >= 0.3 is 0 Å². The minimum Gasteiger partial charge on any atom is -0.325 e. The summed E-state index contributed by atoms with van der Waals surface area (Å²) in [6.45, 7) is 0.438. The van der Waals surface area contributed by atoms with E-state index >= 15 is 0 Å². The molecule has 0 radical (unpaired) electrons. The zero-order valence-electron chi connectivity index (χ0n) is 11.3. The molecule has 1 aromatic rings. The summed E-state index contributed by atoms with van der Waals surface area (Å²) >= 11 is 3.39. The van der Waals surface area contributed by atoms with Crippen molar-refractivity contribution >= 4 is 27.5 Å². The Kier molecular flexibility index (Phi) is 3.11. The Hall–Kier alpha value is -0.870. The van der Waals surface area contributed by atoms with Gasteiger partial charge in [0.25, 0.3) is 0 Å². The fraction of sp³-hybridized carbons (Fsp3) is 0.562. The third-order valence-corrected chi connectivity index (χ3v) is 5.89. The number of amides is 1. The van der Waals surface area contributed by atoms with Crippen LogP contribution in [0.15, 0.2) is 28.7 Å². The molecule has 3 aliphatic carbocycles. The van der Waals surface area contributed by atoms with Crippen LogP contribution in [0.2, 0.25) is 0 Å². The predicted octanol–water partition coefficient (Wildman–Crippen LogP) is 3.02. The fourth-order valence-corrected chi connectivity index (χ4v) is 4.81. The van der Waals surface area contributed by atoms with Crippen molar-refractivity contribution in [1.82, 2.24) is 5.32 Å². The van der Waals surface area contributed by atoms with E-state index in [4.69, 9.17) is 0 Å². The first-order valence-electron chi connectivity index (χ1n) is 7.51. The van der Waals surface area contributed by atoms with Crippen LogP contribution in [-0.2, 0) is 4.79 Å². The van der Waals surface area contributed by atoms with Crippen LogP contribution in [0.5, 0.6) is 0 Å². The van der Waals surface area contributed by atoms with Gasteiger partial charge in [-0.3, -0.25) is 4.79 Å². The van der Waals surface area contributed by atoms with Gasteiger partial charge in [-0.05, 0) is 67.2 Å². The van der Waals surface area contributed by atoms with E-state index in [2.05, 4.69) is 26.6 Å². The van der Waals surface area contributed by atoms with Crippen molar-refractivity contribution in [3.8, 4) is 0 Å². The highest BCUT2D eigenvalue weighted by molar-refractivity contribution is 9.10. The zero-order valence-corrected chi connectivity index (χ0v) is 12.9. The highest BCUT2D eigenvalue weighted by atomic mass is 79.9. The highest BCUT2D eigenvalue weighted by Crippen LogP contribution is 2.65.